The summed E-state index contributed by atoms with van der Waals surface area (Å²) < 4.78 is 10.8. The third-order valence-corrected chi connectivity index (χ3v) is 5.28. The number of carbonyl (C=O) groups excluding carboxylic acids is 2. The first-order valence-electron chi connectivity index (χ1n) is 9.49. The van der Waals surface area contributed by atoms with Gasteiger partial charge >= 0.3 is 5.97 Å². The van der Waals surface area contributed by atoms with Crippen LogP contribution in [0.4, 0.5) is 0 Å². The number of hydrogen-bond donors (Lipinski definition) is 0. The Balaban J connectivity index is 1.56. The van der Waals surface area contributed by atoms with E-state index >= 15 is 0 Å². The Kier molecular flexibility index (Phi) is 4.84. The molecule has 0 unspecified atom stereocenters. The average molecular weight is 365 g/mol. The number of esters is 1. The summed E-state index contributed by atoms with van der Waals surface area (Å²) in [6.07, 6.45) is 3.56. The van der Waals surface area contributed by atoms with Crippen molar-refractivity contribution in [2.75, 3.05) is 19.7 Å². The minimum Gasteiger partial charge on any atom is -0.466 e. The van der Waals surface area contributed by atoms with E-state index in [1.54, 1.807) is 18.1 Å². The van der Waals surface area contributed by atoms with Crippen molar-refractivity contribution in [3.63, 3.8) is 0 Å². The number of ether oxygens (including phenoxy) is 1. The number of fused-ring (bicyclic) bond motifs is 3. The zero-order chi connectivity index (χ0) is 18.8. The van der Waals surface area contributed by atoms with Crippen LogP contribution in [0.5, 0.6) is 0 Å². The van der Waals surface area contributed by atoms with Crippen molar-refractivity contribution in [2.24, 2.45) is 5.92 Å². The van der Waals surface area contributed by atoms with E-state index in [2.05, 4.69) is 12.1 Å². The second kappa shape index (κ2) is 7.43. The van der Waals surface area contributed by atoms with Gasteiger partial charge in [0.05, 0.1) is 25.2 Å². The summed E-state index contributed by atoms with van der Waals surface area (Å²) >= 11 is 0. The number of amides is 1. The van der Waals surface area contributed by atoms with Crippen molar-refractivity contribution in [1.29, 1.82) is 0 Å². The van der Waals surface area contributed by atoms with Gasteiger partial charge in [0.15, 0.2) is 0 Å². The molecule has 0 radical (unpaired) electrons. The highest BCUT2D eigenvalue weighted by Crippen LogP contribution is 2.30. The molecule has 2 aromatic carbocycles. The Labute approximate surface area is 157 Å². The highest BCUT2D eigenvalue weighted by atomic mass is 16.5. The van der Waals surface area contributed by atoms with Crippen LogP contribution in [0, 0.1) is 5.92 Å². The summed E-state index contributed by atoms with van der Waals surface area (Å²) in [6, 6.07) is 12.1. The van der Waals surface area contributed by atoms with Gasteiger partial charge in [-0.15, -0.1) is 0 Å². The van der Waals surface area contributed by atoms with E-state index in [-0.39, 0.29) is 24.2 Å². The van der Waals surface area contributed by atoms with Gasteiger partial charge in [-0.25, -0.2) is 0 Å². The number of benzene rings is 2. The predicted molar refractivity (Wildman–Crippen MR) is 103 cm³/mol. The Morgan fingerprint density at radius 1 is 1.22 bits per heavy atom. The molecule has 0 bridgehead atoms. The molecule has 140 valence electrons. The number of piperidine rings is 1. The third kappa shape index (κ3) is 3.42. The molecule has 1 fully saturated rings. The number of rotatable bonds is 4. The second-order valence-corrected chi connectivity index (χ2v) is 7.03. The highest BCUT2D eigenvalue weighted by Gasteiger charge is 2.29. The van der Waals surface area contributed by atoms with E-state index in [1.165, 1.54) is 0 Å². The molecule has 4 rings (SSSR count). The molecular weight excluding hydrogens is 342 g/mol. The minimum atomic E-state index is -0.218. The van der Waals surface area contributed by atoms with Crippen molar-refractivity contribution >= 4 is 33.6 Å². The Morgan fingerprint density at radius 3 is 2.93 bits per heavy atom. The third-order valence-electron chi connectivity index (χ3n) is 5.28. The van der Waals surface area contributed by atoms with Crippen LogP contribution in [0.15, 0.2) is 47.1 Å². The number of hydrogen-bond acceptors (Lipinski definition) is 4. The normalized spacial score (nSPS) is 17.4. The summed E-state index contributed by atoms with van der Waals surface area (Å²) in [4.78, 5) is 26.7. The highest BCUT2D eigenvalue weighted by molar-refractivity contribution is 6.08. The number of furan rings is 1. The topological polar surface area (TPSA) is 59.8 Å². The molecule has 0 aliphatic carbocycles. The summed E-state index contributed by atoms with van der Waals surface area (Å²) in [7, 11) is 0. The summed E-state index contributed by atoms with van der Waals surface area (Å²) in [5.41, 5.74) is 1.68. The van der Waals surface area contributed by atoms with Crippen LogP contribution in [0.1, 0.15) is 25.3 Å². The molecule has 1 aromatic heterocycles. The summed E-state index contributed by atoms with van der Waals surface area (Å²) in [5.74, 6) is -0.390. The predicted octanol–water partition coefficient (Wildman–Crippen LogP) is 3.93. The van der Waals surface area contributed by atoms with Crippen molar-refractivity contribution in [3.8, 4) is 0 Å². The first-order valence-corrected chi connectivity index (χ1v) is 9.49. The minimum absolute atomic E-state index is 0.0274. The molecule has 1 atom stereocenters. The molecular formula is C22H23NO4. The van der Waals surface area contributed by atoms with Crippen LogP contribution in [0.3, 0.4) is 0 Å². The zero-order valence-corrected chi connectivity index (χ0v) is 15.4. The maximum atomic E-state index is 12.9. The standard InChI is InChI=1S/C22H23NO4/c1-2-26-22(25)16-7-5-11-23(13-16)20(24)12-17-14-27-19-10-9-15-6-3-4-8-18(15)21(17)19/h3-4,6,8-10,14,16H,2,5,7,11-13H2,1H3/t16-/m0/s1. The zero-order valence-electron chi connectivity index (χ0n) is 15.4. The van der Waals surface area contributed by atoms with Crippen LogP contribution in [0.25, 0.3) is 21.7 Å². The molecule has 5 nitrogen and oxygen atoms in total. The van der Waals surface area contributed by atoms with Crippen molar-refractivity contribution in [1.82, 2.24) is 4.90 Å². The van der Waals surface area contributed by atoms with Gasteiger partial charge < -0.3 is 14.1 Å². The van der Waals surface area contributed by atoms with Gasteiger partial charge in [-0.3, -0.25) is 9.59 Å². The van der Waals surface area contributed by atoms with Crippen molar-refractivity contribution in [3.05, 3.63) is 48.2 Å². The fraction of sp³-hybridized carbons (Fsp3) is 0.364. The van der Waals surface area contributed by atoms with Crippen molar-refractivity contribution in [2.45, 2.75) is 26.2 Å². The first-order chi connectivity index (χ1) is 13.2. The van der Waals surface area contributed by atoms with Gasteiger partial charge in [0.2, 0.25) is 5.91 Å². The first kappa shape index (κ1) is 17.6. The number of carbonyl (C=O) groups is 2. The second-order valence-electron chi connectivity index (χ2n) is 7.03. The molecule has 3 aromatic rings. The van der Waals surface area contributed by atoms with E-state index in [0.29, 0.717) is 19.7 Å². The van der Waals surface area contributed by atoms with E-state index < -0.39 is 0 Å². The maximum absolute atomic E-state index is 12.9. The molecule has 0 N–H and O–H groups in total. The van der Waals surface area contributed by atoms with Crippen LogP contribution in [0.2, 0.25) is 0 Å². The van der Waals surface area contributed by atoms with Gasteiger partial charge in [-0.05, 0) is 36.6 Å². The molecule has 0 spiro atoms. The molecule has 27 heavy (non-hydrogen) atoms. The molecule has 5 heteroatoms. The van der Waals surface area contributed by atoms with E-state index in [0.717, 1.165) is 40.1 Å². The molecule has 0 saturated carbocycles. The number of likely N-dealkylation sites (tertiary alicyclic amines) is 1. The number of nitrogens with zero attached hydrogens (tertiary/aromatic N) is 1. The lowest BCUT2D eigenvalue weighted by Gasteiger charge is -2.31. The van der Waals surface area contributed by atoms with E-state index in [1.807, 2.05) is 24.3 Å². The van der Waals surface area contributed by atoms with Crippen LogP contribution < -0.4 is 0 Å². The molecule has 1 saturated heterocycles. The fourth-order valence-corrected chi connectivity index (χ4v) is 3.94. The van der Waals surface area contributed by atoms with E-state index in [9.17, 15) is 9.59 Å². The monoisotopic (exact) mass is 365 g/mol. The quantitative estimate of drug-likeness (QED) is 0.657. The van der Waals surface area contributed by atoms with Crippen LogP contribution in [-0.4, -0.2) is 36.5 Å². The Morgan fingerprint density at radius 2 is 2.07 bits per heavy atom. The van der Waals surface area contributed by atoms with Gasteiger partial charge in [0, 0.05) is 24.0 Å². The average Bonchev–Trinajstić information content (AvgIpc) is 3.11. The summed E-state index contributed by atoms with van der Waals surface area (Å²) in [6.45, 7) is 3.30. The van der Waals surface area contributed by atoms with Gasteiger partial charge in [-0.1, -0.05) is 30.3 Å². The Bertz CT molecular complexity index is 990. The molecule has 1 aliphatic heterocycles. The lowest BCUT2D eigenvalue weighted by molar-refractivity contribution is -0.151. The molecule has 1 amide bonds. The van der Waals surface area contributed by atoms with Crippen molar-refractivity contribution < 1.29 is 18.7 Å². The summed E-state index contributed by atoms with van der Waals surface area (Å²) in [5, 5.41) is 3.22. The van der Waals surface area contributed by atoms with E-state index in [4.69, 9.17) is 9.15 Å². The smallest absolute Gasteiger partial charge is 0.310 e. The Hall–Kier alpha value is -2.82. The largest absolute Gasteiger partial charge is 0.466 e. The maximum Gasteiger partial charge on any atom is 0.310 e. The lowest BCUT2D eigenvalue weighted by atomic mass is 9.97. The molecule has 2 heterocycles. The van der Waals surface area contributed by atoms with Gasteiger partial charge in [0.1, 0.15) is 5.58 Å². The fourth-order valence-electron chi connectivity index (χ4n) is 3.94. The van der Waals surface area contributed by atoms with Crippen LogP contribution >= 0.6 is 0 Å². The lowest BCUT2D eigenvalue weighted by Crippen LogP contribution is -2.43. The van der Waals surface area contributed by atoms with Crippen LogP contribution in [-0.2, 0) is 20.7 Å². The SMILES string of the molecule is CCOC(=O)[C@H]1CCCN(C(=O)Cc2coc3ccc4ccccc4c23)C1. The van der Waals surface area contributed by atoms with Gasteiger partial charge in [-0.2, -0.15) is 0 Å². The van der Waals surface area contributed by atoms with Gasteiger partial charge in [0.25, 0.3) is 0 Å². The molecule has 1 aliphatic rings.